The summed E-state index contributed by atoms with van der Waals surface area (Å²) >= 11 is 0. The van der Waals surface area contributed by atoms with Crippen molar-refractivity contribution in [2.24, 2.45) is 10.1 Å². The smallest absolute Gasteiger partial charge is 0.256 e. The Hall–Kier alpha value is -3.93. The molecule has 6 nitrogen and oxygen atoms in total. The molecule has 0 radical (unpaired) electrons. The summed E-state index contributed by atoms with van der Waals surface area (Å²) in [7, 11) is 0. The van der Waals surface area contributed by atoms with E-state index < -0.39 is 0 Å². The van der Waals surface area contributed by atoms with Crippen LogP contribution in [0.1, 0.15) is 16.7 Å². The average molecular weight is 381 g/mol. The molecule has 0 spiro atoms. The van der Waals surface area contributed by atoms with E-state index in [2.05, 4.69) is 32.2 Å². The largest absolute Gasteiger partial charge is 0.353 e. The number of anilines is 1. The van der Waals surface area contributed by atoms with E-state index in [1.54, 1.807) is 6.21 Å². The van der Waals surface area contributed by atoms with Gasteiger partial charge >= 0.3 is 0 Å². The fourth-order valence-corrected chi connectivity index (χ4v) is 3.61. The standard InChI is InChI=1S/C23H19N5O/c29-22-20(19-9-8-17-6-1-2-7-18(17)21(19)27-22)13-15-4-3-5-16(12-15)14-26-28-23-24-10-11-25-23/h1-9,12-14H,10-11H2,(H,27,29)(H2,24,25,28)/b20-13+,26-14+. The van der Waals surface area contributed by atoms with E-state index in [4.69, 9.17) is 0 Å². The molecule has 0 saturated carbocycles. The normalized spacial score (nSPS) is 16.8. The lowest BCUT2D eigenvalue weighted by Gasteiger charge is -2.04. The molecule has 0 fully saturated rings. The van der Waals surface area contributed by atoms with Crippen LogP contribution in [-0.2, 0) is 4.79 Å². The van der Waals surface area contributed by atoms with Gasteiger partial charge in [0, 0.05) is 23.1 Å². The molecule has 0 aliphatic carbocycles. The first-order chi connectivity index (χ1) is 14.3. The van der Waals surface area contributed by atoms with E-state index in [-0.39, 0.29) is 5.91 Å². The van der Waals surface area contributed by atoms with E-state index in [1.807, 2.05) is 60.7 Å². The lowest BCUT2D eigenvalue weighted by molar-refractivity contribution is -0.110. The van der Waals surface area contributed by atoms with Crippen LogP contribution in [0.15, 0.2) is 70.8 Å². The van der Waals surface area contributed by atoms with Gasteiger partial charge in [0.2, 0.25) is 5.96 Å². The van der Waals surface area contributed by atoms with E-state index in [1.165, 1.54) is 0 Å². The van der Waals surface area contributed by atoms with Crippen LogP contribution in [0.2, 0.25) is 0 Å². The number of amides is 1. The number of hydrogen-bond acceptors (Lipinski definition) is 5. The summed E-state index contributed by atoms with van der Waals surface area (Å²) in [6.45, 7) is 1.60. The van der Waals surface area contributed by atoms with Crippen molar-refractivity contribution < 1.29 is 4.79 Å². The zero-order chi connectivity index (χ0) is 19.6. The van der Waals surface area contributed by atoms with Crippen LogP contribution in [0.3, 0.4) is 0 Å². The highest BCUT2D eigenvalue weighted by atomic mass is 16.2. The van der Waals surface area contributed by atoms with Crippen molar-refractivity contribution in [3.63, 3.8) is 0 Å². The van der Waals surface area contributed by atoms with E-state index in [0.717, 1.165) is 46.2 Å². The van der Waals surface area contributed by atoms with Gasteiger partial charge in [-0.3, -0.25) is 4.79 Å². The third kappa shape index (κ3) is 3.36. The Morgan fingerprint density at radius 2 is 1.93 bits per heavy atom. The molecule has 3 aromatic rings. The van der Waals surface area contributed by atoms with E-state index >= 15 is 0 Å². The summed E-state index contributed by atoms with van der Waals surface area (Å²) in [4.78, 5) is 16.9. The molecule has 5 rings (SSSR count). The van der Waals surface area contributed by atoms with Crippen LogP contribution in [0.25, 0.3) is 22.4 Å². The van der Waals surface area contributed by atoms with Crippen LogP contribution in [0, 0.1) is 0 Å². The lowest BCUT2D eigenvalue weighted by Crippen LogP contribution is -2.30. The monoisotopic (exact) mass is 381 g/mol. The van der Waals surface area contributed by atoms with Gasteiger partial charge in [0.25, 0.3) is 5.91 Å². The number of guanidine groups is 1. The van der Waals surface area contributed by atoms with Gasteiger partial charge in [0.05, 0.1) is 18.4 Å². The number of rotatable bonds is 3. The highest BCUT2D eigenvalue weighted by molar-refractivity contribution is 6.37. The Morgan fingerprint density at radius 1 is 1.03 bits per heavy atom. The molecular weight excluding hydrogens is 362 g/mol. The number of carbonyl (C=O) groups is 1. The predicted octanol–water partition coefficient (Wildman–Crippen LogP) is 3.22. The summed E-state index contributed by atoms with van der Waals surface area (Å²) in [5.74, 6) is 0.605. The molecule has 1 amide bonds. The Balaban J connectivity index is 1.44. The van der Waals surface area contributed by atoms with Gasteiger partial charge in [-0.15, -0.1) is 0 Å². The zero-order valence-electron chi connectivity index (χ0n) is 15.6. The number of fused-ring (bicyclic) bond motifs is 3. The minimum Gasteiger partial charge on any atom is -0.353 e. The topological polar surface area (TPSA) is 77.9 Å². The number of carbonyl (C=O) groups excluding carboxylic acids is 1. The first kappa shape index (κ1) is 17.2. The molecule has 0 aromatic heterocycles. The second kappa shape index (κ2) is 7.24. The van der Waals surface area contributed by atoms with Crippen LogP contribution in [0.4, 0.5) is 5.69 Å². The van der Waals surface area contributed by atoms with Crippen molar-refractivity contribution in [2.45, 2.75) is 0 Å². The van der Waals surface area contributed by atoms with Crippen LogP contribution < -0.4 is 16.1 Å². The van der Waals surface area contributed by atoms with Crippen molar-refractivity contribution in [3.8, 4) is 0 Å². The molecule has 0 atom stereocenters. The first-order valence-corrected chi connectivity index (χ1v) is 9.50. The summed E-state index contributed by atoms with van der Waals surface area (Å²) in [6.07, 6.45) is 3.66. The van der Waals surface area contributed by atoms with Gasteiger partial charge in [-0.2, -0.15) is 5.10 Å². The molecule has 6 heteroatoms. The minimum atomic E-state index is -0.0811. The Morgan fingerprint density at radius 3 is 2.83 bits per heavy atom. The lowest BCUT2D eigenvalue weighted by atomic mass is 9.99. The number of benzene rings is 3. The molecule has 2 heterocycles. The molecule has 0 bridgehead atoms. The average Bonchev–Trinajstić information content (AvgIpc) is 3.37. The van der Waals surface area contributed by atoms with Crippen molar-refractivity contribution in [1.29, 1.82) is 0 Å². The number of aliphatic imine (C=N–C) groups is 1. The predicted molar refractivity (Wildman–Crippen MR) is 118 cm³/mol. The molecule has 0 unspecified atom stereocenters. The molecule has 3 aromatic carbocycles. The molecule has 0 saturated heterocycles. The van der Waals surface area contributed by atoms with Gasteiger partial charge in [-0.1, -0.05) is 54.6 Å². The molecule has 3 N–H and O–H groups in total. The second-order valence-electron chi connectivity index (χ2n) is 6.92. The number of hydrogen-bond donors (Lipinski definition) is 3. The van der Waals surface area contributed by atoms with Crippen LogP contribution in [0.5, 0.6) is 0 Å². The number of nitrogens with zero attached hydrogens (tertiary/aromatic N) is 2. The maximum Gasteiger partial charge on any atom is 0.256 e. The number of nitrogens with one attached hydrogen (secondary N) is 3. The van der Waals surface area contributed by atoms with Crippen molar-refractivity contribution in [1.82, 2.24) is 10.7 Å². The third-order valence-electron chi connectivity index (χ3n) is 4.98. The Bertz CT molecular complexity index is 1210. The van der Waals surface area contributed by atoms with Crippen molar-refractivity contribution in [3.05, 3.63) is 77.4 Å². The summed E-state index contributed by atoms with van der Waals surface area (Å²) in [5.41, 5.74) is 7.24. The maximum absolute atomic E-state index is 12.6. The second-order valence-corrected chi connectivity index (χ2v) is 6.92. The maximum atomic E-state index is 12.6. The van der Waals surface area contributed by atoms with Crippen LogP contribution in [-0.4, -0.2) is 31.2 Å². The Labute approximate surface area is 168 Å². The molecule has 2 aliphatic rings. The molecule has 29 heavy (non-hydrogen) atoms. The van der Waals surface area contributed by atoms with Crippen LogP contribution >= 0.6 is 0 Å². The zero-order valence-corrected chi connectivity index (χ0v) is 15.6. The quantitative estimate of drug-likeness (QED) is 0.370. The van der Waals surface area contributed by atoms with Gasteiger partial charge in [0.15, 0.2) is 0 Å². The van der Waals surface area contributed by atoms with Gasteiger partial charge in [-0.05, 0) is 28.7 Å². The first-order valence-electron chi connectivity index (χ1n) is 9.50. The summed E-state index contributed by atoms with van der Waals surface area (Å²) < 4.78 is 0. The summed E-state index contributed by atoms with van der Waals surface area (Å²) in [6, 6.07) is 20.0. The fraction of sp³-hybridized carbons (Fsp3) is 0.0870. The van der Waals surface area contributed by atoms with E-state index in [0.29, 0.717) is 11.5 Å². The molecule has 142 valence electrons. The highest BCUT2D eigenvalue weighted by Gasteiger charge is 2.25. The molecular formula is C23H19N5O. The van der Waals surface area contributed by atoms with Crippen molar-refractivity contribution in [2.75, 3.05) is 18.4 Å². The highest BCUT2D eigenvalue weighted by Crippen LogP contribution is 2.38. The Kier molecular flexibility index (Phi) is 4.29. The minimum absolute atomic E-state index is 0.0811. The van der Waals surface area contributed by atoms with Gasteiger partial charge < -0.3 is 10.6 Å². The molecule has 2 aliphatic heterocycles. The summed E-state index contributed by atoms with van der Waals surface area (Å²) in [5, 5.41) is 12.5. The van der Waals surface area contributed by atoms with Gasteiger partial charge in [0.1, 0.15) is 0 Å². The third-order valence-corrected chi connectivity index (χ3v) is 4.98. The number of hydrazone groups is 1. The van der Waals surface area contributed by atoms with Gasteiger partial charge in [-0.25, -0.2) is 10.4 Å². The van der Waals surface area contributed by atoms with Crippen molar-refractivity contribution >= 4 is 46.2 Å². The SMILES string of the molecule is O=C1Nc2c(ccc3ccccc23)/C1=C\c1cccc(/C=N/NC2=NCCN2)c1. The van der Waals surface area contributed by atoms with E-state index in [9.17, 15) is 4.79 Å². The fourth-order valence-electron chi connectivity index (χ4n) is 3.61.